The van der Waals surface area contributed by atoms with Crippen LogP contribution in [-0.4, -0.2) is 10.2 Å². The number of allylic oxidation sites excluding steroid dienone is 6. The Morgan fingerprint density at radius 2 is 1.07 bits per heavy atom. The first-order valence-corrected chi connectivity index (χ1v) is 4.51. The molecule has 0 aliphatic carbocycles. The summed E-state index contributed by atoms with van der Waals surface area (Å²) in [6.07, 6.45) is 12.3. The summed E-state index contributed by atoms with van der Waals surface area (Å²) in [6, 6.07) is 0. The third-order valence-electron chi connectivity index (χ3n) is 0.779. The second-order valence-electron chi connectivity index (χ2n) is 1.73. The Hall–Kier alpha value is -0.926. The van der Waals surface area contributed by atoms with Gasteiger partial charge in [0.2, 0.25) is 0 Å². The van der Waals surface area contributed by atoms with Crippen LogP contribution in [0.1, 0.15) is 13.8 Å². The van der Waals surface area contributed by atoms with Gasteiger partial charge >= 0.3 is 23.7 Å². The zero-order valence-corrected chi connectivity index (χ0v) is 9.98. The average molecular weight is 232 g/mol. The summed E-state index contributed by atoms with van der Waals surface area (Å²) in [5.41, 5.74) is 0. The Labute approximate surface area is 96.9 Å². The predicted octanol–water partition coefficient (Wildman–Crippen LogP) is 3.15. The van der Waals surface area contributed by atoms with Crippen molar-refractivity contribution < 1.29 is 33.9 Å². The second-order valence-corrected chi connectivity index (χ2v) is 1.73. The predicted molar refractivity (Wildman–Crippen MR) is 53.9 cm³/mol. The van der Waals surface area contributed by atoms with Crippen molar-refractivity contribution in [3.63, 3.8) is 0 Å². The molecule has 0 bridgehead atoms. The van der Waals surface area contributed by atoms with Gasteiger partial charge in [0.05, 0.1) is 12.5 Å². The zero-order chi connectivity index (χ0) is 11.7. The molecule has 14 heavy (non-hydrogen) atoms. The van der Waals surface area contributed by atoms with Crippen molar-refractivity contribution in [2.24, 2.45) is 0 Å². The van der Waals surface area contributed by atoms with Crippen LogP contribution in [0.25, 0.3) is 0 Å². The topological polar surface area (TPSA) is 57.5 Å². The number of hydrogen-bond donors (Lipinski definition) is 2. The molecular formula is C10H16O3Ti. The zero-order valence-electron chi connectivity index (χ0n) is 8.42. The van der Waals surface area contributed by atoms with E-state index in [4.69, 9.17) is 13.5 Å². The number of aliphatic hydroxyl groups excluding tert-OH is 2. The van der Waals surface area contributed by atoms with Gasteiger partial charge in [0.25, 0.3) is 0 Å². The third kappa shape index (κ3) is 43.7. The molecule has 2 N–H and O–H groups in total. The van der Waals surface area contributed by atoms with E-state index in [2.05, 4.69) is 0 Å². The first-order valence-electron chi connectivity index (χ1n) is 3.88. The molecule has 0 aromatic carbocycles. The van der Waals surface area contributed by atoms with Crippen LogP contribution in [0, 0.1) is 0 Å². The van der Waals surface area contributed by atoms with Gasteiger partial charge < -0.3 is 10.2 Å². The van der Waals surface area contributed by atoms with Crippen molar-refractivity contribution in [1.29, 1.82) is 0 Å². The monoisotopic (exact) mass is 232 g/mol. The quantitative estimate of drug-likeness (QED) is 0.436. The Kier molecular flexibility index (Phi) is 39.7. The van der Waals surface area contributed by atoms with Crippen LogP contribution in [0.4, 0.5) is 0 Å². The van der Waals surface area contributed by atoms with E-state index in [1.54, 1.807) is 24.3 Å². The summed E-state index contributed by atoms with van der Waals surface area (Å²) >= 11 is 0.750. The summed E-state index contributed by atoms with van der Waals surface area (Å²) in [4.78, 5) is 0. The molecule has 0 saturated heterocycles. The van der Waals surface area contributed by atoms with Crippen LogP contribution >= 0.6 is 0 Å². The van der Waals surface area contributed by atoms with Gasteiger partial charge in [-0.2, -0.15) is 0 Å². The van der Waals surface area contributed by atoms with E-state index in [-0.39, 0.29) is 0 Å². The van der Waals surface area contributed by atoms with E-state index in [9.17, 15) is 0 Å². The Bertz CT molecular complexity index is 144. The summed E-state index contributed by atoms with van der Waals surface area (Å²) in [5.74, 6) is 0. The van der Waals surface area contributed by atoms with Crippen LogP contribution < -0.4 is 0 Å². The van der Waals surface area contributed by atoms with Gasteiger partial charge in [0, 0.05) is 0 Å². The molecule has 0 spiro atoms. The molecule has 0 heterocycles. The Balaban J connectivity index is -0.000000147. The van der Waals surface area contributed by atoms with Crippen molar-refractivity contribution in [3.05, 3.63) is 49.0 Å². The number of rotatable bonds is 2. The van der Waals surface area contributed by atoms with Crippen molar-refractivity contribution in [2.45, 2.75) is 13.8 Å². The van der Waals surface area contributed by atoms with Crippen molar-refractivity contribution in [3.8, 4) is 0 Å². The summed E-state index contributed by atoms with van der Waals surface area (Å²) in [5, 5.41) is 15.9. The molecule has 0 atom stereocenters. The van der Waals surface area contributed by atoms with Gasteiger partial charge in [-0.25, -0.2) is 0 Å². The van der Waals surface area contributed by atoms with Crippen molar-refractivity contribution in [1.82, 2.24) is 0 Å². The van der Waals surface area contributed by atoms with Gasteiger partial charge in [-0.05, 0) is 26.0 Å². The maximum absolute atomic E-state index is 8.25. The standard InChI is InChI=1S/2C5H8O.O.Ti/c2*1-2-3-4-5-6;;/h2*2-6H,1H3;;/b2*3-2+,5-4+;;. The molecule has 4 heteroatoms. The maximum atomic E-state index is 8.25. The van der Waals surface area contributed by atoms with Crippen LogP contribution in [-0.2, 0) is 23.7 Å². The molecule has 0 aliphatic rings. The molecule has 0 saturated carbocycles. The second kappa shape index (κ2) is 29.6. The average Bonchev–Trinajstić information content (AvgIpc) is 2.27. The normalized spacial score (nSPS) is 10.1. The van der Waals surface area contributed by atoms with Crippen molar-refractivity contribution >= 4 is 0 Å². The molecule has 3 nitrogen and oxygen atoms in total. The van der Waals surface area contributed by atoms with E-state index in [1.165, 1.54) is 0 Å². The molecule has 0 unspecified atom stereocenters. The van der Waals surface area contributed by atoms with Crippen LogP contribution in [0.15, 0.2) is 49.0 Å². The molecule has 0 aliphatic heterocycles. The van der Waals surface area contributed by atoms with E-state index in [0.29, 0.717) is 0 Å². The molecular weight excluding hydrogens is 216 g/mol. The summed E-state index contributed by atoms with van der Waals surface area (Å²) < 4.78 is 8.25. The molecule has 0 fully saturated rings. The molecule has 0 rings (SSSR count). The van der Waals surface area contributed by atoms with Gasteiger partial charge in [0.15, 0.2) is 0 Å². The number of aliphatic hydroxyl groups is 2. The van der Waals surface area contributed by atoms with E-state index in [1.807, 2.05) is 26.0 Å². The fourth-order valence-electron chi connectivity index (χ4n) is 0.322. The van der Waals surface area contributed by atoms with Crippen LogP contribution in [0.2, 0.25) is 0 Å². The molecule has 0 aromatic rings. The van der Waals surface area contributed by atoms with Gasteiger partial charge in [-0.1, -0.05) is 24.3 Å². The molecule has 78 valence electrons. The van der Waals surface area contributed by atoms with Gasteiger partial charge in [0.1, 0.15) is 0 Å². The van der Waals surface area contributed by atoms with Gasteiger partial charge in [-0.3, -0.25) is 0 Å². The SMILES string of the molecule is C/C=C/C=C/O.C/C=C/C=C/O.[O]=[Ti]. The van der Waals surface area contributed by atoms with Crippen molar-refractivity contribution in [2.75, 3.05) is 0 Å². The molecule has 0 aromatic heterocycles. The fraction of sp³-hybridized carbons (Fsp3) is 0.200. The number of hydrogen-bond acceptors (Lipinski definition) is 3. The Morgan fingerprint density at radius 3 is 1.14 bits per heavy atom. The Morgan fingerprint density at radius 1 is 0.786 bits per heavy atom. The van der Waals surface area contributed by atoms with Crippen LogP contribution in [0.3, 0.4) is 0 Å². The first-order chi connectivity index (χ1) is 6.83. The van der Waals surface area contributed by atoms with Crippen LogP contribution in [0.5, 0.6) is 0 Å². The summed E-state index contributed by atoms with van der Waals surface area (Å²) in [6.45, 7) is 3.78. The van der Waals surface area contributed by atoms with E-state index >= 15 is 0 Å². The van der Waals surface area contributed by atoms with E-state index in [0.717, 1.165) is 32.9 Å². The van der Waals surface area contributed by atoms with E-state index < -0.39 is 0 Å². The minimum absolute atomic E-state index is 0.750. The third-order valence-corrected chi connectivity index (χ3v) is 0.779. The molecule has 0 radical (unpaired) electrons. The molecule has 0 amide bonds. The first kappa shape index (κ1) is 18.8. The van der Waals surface area contributed by atoms with Gasteiger partial charge in [-0.15, -0.1) is 0 Å². The fourth-order valence-corrected chi connectivity index (χ4v) is 0.322. The minimum atomic E-state index is 0.750. The summed E-state index contributed by atoms with van der Waals surface area (Å²) in [7, 11) is 0.